The van der Waals surface area contributed by atoms with Crippen LogP contribution in [0.25, 0.3) is 0 Å². The van der Waals surface area contributed by atoms with E-state index in [-0.39, 0.29) is 17.0 Å². The van der Waals surface area contributed by atoms with Gasteiger partial charge in [0.25, 0.3) is 0 Å². The largest absolute Gasteiger partial charge is 0.323 e. The minimum Gasteiger partial charge on any atom is -0.323 e. The van der Waals surface area contributed by atoms with Crippen molar-refractivity contribution in [3.05, 3.63) is 28.5 Å². The van der Waals surface area contributed by atoms with Crippen LogP contribution in [0.3, 0.4) is 0 Å². The summed E-state index contributed by atoms with van der Waals surface area (Å²) < 4.78 is 13.9. The molecular weight excluding hydrogens is 261 g/mol. The zero-order valence-electron chi connectivity index (χ0n) is 8.31. The van der Waals surface area contributed by atoms with Gasteiger partial charge in [-0.05, 0) is 40.9 Å². The van der Waals surface area contributed by atoms with Crippen molar-refractivity contribution in [3.63, 3.8) is 0 Å². The van der Waals surface area contributed by atoms with Crippen LogP contribution < -0.4 is 5.32 Å². The highest BCUT2D eigenvalue weighted by molar-refractivity contribution is 9.10. The molecule has 1 N–H and O–H groups in total. The Labute approximate surface area is 96.0 Å². The van der Waals surface area contributed by atoms with Crippen molar-refractivity contribution in [1.29, 1.82) is 0 Å². The molecule has 0 aliphatic heterocycles. The SMILES string of the molecule is CC1(C(=O)Nc2cccc(Br)c2F)CC1. The average Bonchev–Trinajstić information content (AvgIpc) is 2.93. The lowest BCUT2D eigenvalue weighted by Crippen LogP contribution is -2.21. The summed E-state index contributed by atoms with van der Waals surface area (Å²) in [6.07, 6.45) is 1.77. The Hall–Kier alpha value is -0.900. The maximum Gasteiger partial charge on any atom is 0.230 e. The lowest BCUT2D eigenvalue weighted by atomic mass is 10.1. The summed E-state index contributed by atoms with van der Waals surface area (Å²) in [7, 11) is 0. The predicted octanol–water partition coefficient (Wildman–Crippen LogP) is 3.33. The van der Waals surface area contributed by atoms with E-state index < -0.39 is 5.82 Å². The predicted molar refractivity (Wildman–Crippen MR) is 60.1 cm³/mol. The smallest absolute Gasteiger partial charge is 0.230 e. The normalized spacial score (nSPS) is 17.3. The van der Waals surface area contributed by atoms with Gasteiger partial charge in [-0.1, -0.05) is 13.0 Å². The monoisotopic (exact) mass is 271 g/mol. The summed E-state index contributed by atoms with van der Waals surface area (Å²) in [4.78, 5) is 11.7. The van der Waals surface area contributed by atoms with Crippen molar-refractivity contribution in [2.45, 2.75) is 19.8 Å². The Bertz CT molecular complexity index is 415. The number of benzene rings is 1. The molecule has 1 amide bonds. The number of carbonyl (C=O) groups excluding carboxylic acids is 1. The molecule has 15 heavy (non-hydrogen) atoms. The van der Waals surface area contributed by atoms with Gasteiger partial charge in [0.15, 0.2) is 5.82 Å². The molecule has 1 saturated carbocycles. The summed E-state index contributed by atoms with van der Waals surface area (Å²) in [6.45, 7) is 1.89. The van der Waals surface area contributed by atoms with Crippen LogP contribution >= 0.6 is 15.9 Å². The molecule has 0 heterocycles. The third-order valence-corrected chi connectivity index (χ3v) is 3.36. The molecule has 80 valence electrons. The minimum atomic E-state index is -0.421. The van der Waals surface area contributed by atoms with Gasteiger partial charge in [-0.15, -0.1) is 0 Å². The molecule has 0 aromatic heterocycles. The van der Waals surface area contributed by atoms with E-state index in [1.165, 1.54) is 0 Å². The number of hydrogen-bond donors (Lipinski definition) is 1. The number of hydrogen-bond acceptors (Lipinski definition) is 1. The summed E-state index contributed by atoms with van der Waals surface area (Å²) in [5.41, 5.74) is -0.0446. The van der Waals surface area contributed by atoms with E-state index in [4.69, 9.17) is 0 Å². The molecule has 2 rings (SSSR count). The van der Waals surface area contributed by atoms with Gasteiger partial charge in [0, 0.05) is 5.41 Å². The second-order valence-electron chi connectivity index (χ2n) is 4.12. The molecule has 1 aromatic rings. The quantitative estimate of drug-likeness (QED) is 0.879. The van der Waals surface area contributed by atoms with Gasteiger partial charge in [-0.3, -0.25) is 4.79 Å². The highest BCUT2D eigenvalue weighted by Crippen LogP contribution is 2.45. The van der Waals surface area contributed by atoms with Crippen LogP contribution in [-0.4, -0.2) is 5.91 Å². The first-order valence-electron chi connectivity index (χ1n) is 4.78. The maximum atomic E-state index is 13.5. The maximum absolute atomic E-state index is 13.5. The standard InChI is InChI=1S/C11H11BrFNO/c1-11(5-6-11)10(15)14-8-4-2-3-7(12)9(8)13/h2-4H,5-6H2,1H3,(H,14,15). The van der Waals surface area contributed by atoms with E-state index in [0.717, 1.165) is 12.8 Å². The Balaban J connectivity index is 2.17. The Morgan fingerprint density at radius 2 is 2.20 bits per heavy atom. The average molecular weight is 272 g/mol. The van der Waals surface area contributed by atoms with E-state index >= 15 is 0 Å². The molecule has 1 aromatic carbocycles. The van der Waals surface area contributed by atoms with Gasteiger partial charge >= 0.3 is 0 Å². The van der Waals surface area contributed by atoms with Crippen molar-refractivity contribution in [2.75, 3.05) is 5.32 Å². The van der Waals surface area contributed by atoms with E-state index in [9.17, 15) is 9.18 Å². The van der Waals surface area contributed by atoms with Crippen LogP contribution in [0.15, 0.2) is 22.7 Å². The lowest BCUT2D eigenvalue weighted by molar-refractivity contribution is -0.120. The zero-order chi connectivity index (χ0) is 11.1. The van der Waals surface area contributed by atoms with Crippen LogP contribution in [0.5, 0.6) is 0 Å². The van der Waals surface area contributed by atoms with Gasteiger partial charge < -0.3 is 5.32 Å². The van der Waals surface area contributed by atoms with Gasteiger partial charge in [0.05, 0.1) is 10.2 Å². The lowest BCUT2D eigenvalue weighted by Gasteiger charge is -2.10. The number of halogens is 2. The highest BCUT2D eigenvalue weighted by atomic mass is 79.9. The van der Waals surface area contributed by atoms with Crippen LogP contribution in [0, 0.1) is 11.2 Å². The third kappa shape index (κ3) is 2.04. The number of nitrogens with one attached hydrogen (secondary N) is 1. The first-order valence-corrected chi connectivity index (χ1v) is 5.58. The Morgan fingerprint density at radius 1 is 1.53 bits per heavy atom. The van der Waals surface area contributed by atoms with Crippen molar-refractivity contribution in [2.24, 2.45) is 5.41 Å². The van der Waals surface area contributed by atoms with E-state index in [1.54, 1.807) is 18.2 Å². The molecule has 0 bridgehead atoms. The molecule has 0 atom stereocenters. The summed E-state index contributed by atoms with van der Waals surface area (Å²) in [6, 6.07) is 4.85. The molecule has 1 fully saturated rings. The minimum absolute atomic E-state index is 0.0977. The summed E-state index contributed by atoms with van der Waals surface area (Å²) in [5, 5.41) is 2.61. The molecule has 4 heteroatoms. The van der Waals surface area contributed by atoms with Crippen LogP contribution in [-0.2, 0) is 4.79 Å². The van der Waals surface area contributed by atoms with Crippen LogP contribution in [0.2, 0.25) is 0 Å². The fourth-order valence-corrected chi connectivity index (χ4v) is 1.65. The molecule has 0 spiro atoms. The fourth-order valence-electron chi connectivity index (χ4n) is 1.29. The van der Waals surface area contributed by atoms with E-state index in [1.807, 2.05) is 6.92 Å². The summed E-state index contributed by atoms with van der Waals surface area (Å²) in [5.74, 6) is -0.519. The molecule has 2 nitrogen and oxygen atoms in total. The van der Waals surface area contributed by atoms with Crippen LogP contribution in [0.1, 0.15) is 19.8 Å². The second kappa shape index (κ2) is 3.59. The molecule has 1 aliphatic rings. The Morgan fingerprint density at radius 3 is 2.80 bits per heavy atom. The van der Waals surface area contributed by atoms with Crippen molar-refractivity contribution in [3.8, 4) is 0 Å². The fraction of sp³-hybridized carbons (Fsp3) is 0.364. The zero-order valence-corrected chi connectivity index (χ0v) is 9.90. The number of carbonyl (C=O) groups is 1. The highest BCUT2D eigenvalue weighted by Gasteiger charge is 2.45. The number of amides is 1. The van der Waals surface area contributed by atoms with Gasteiger partial charge in [-0.2, -0.15) is 0 Å². The van der Waals surface area contributed by atoms with E-state index in [2.05, 4.69) is 21.2 Å². The third-order valence-electron chi connectivity index (χ3n) is 2.75. The van der Waals surface area contributed by atoms with Gasteiger partial charge in [0.1, 0.15) is 0 Å². The van der Waals surface area contributed by atoms with Crippen LogP contribution in [0.4, 0.5) is 10.1 Å². The first-order chi connectivity index (χ1) is 7.03. The Kier molecular flexibility index (Phi) is 2.54. The van der Waals surface area contributed by atoms with Crippen molar-refractivity contribution >= 4 is 27.5 Å². The number of rotatable bonds is 2. The molecule has 0 unspecified atom stereocenters. The molecule has 1 aliphatic carbocycles. The van der Waals surface area contributed by atoms with Gasteiger partial charge in [0.2, 0.25) is 5.91 Å². The first kappa shape index (κ1) is 10.6. The molecule has 0 radical (unpaired) electrons. The van der Waals surface area contributed by atoms with Crippen molar-refractivity contribution < 1.29 is 9.18 Å². The molecular formula is C11H11BrFNO. The second-order valence-corrected chi connectivity index (χ2v) is 4.97. The molecule has 0 saturated heterocycles. The van der Waals surface area contributed by atoms with Crippen molar-refractivity contribution in [1.82, 2.24) is 0 Å². The van der Waals surface area contributed by atoms with E-state index in [0.29, 0.717) is 4.47 Å². The topological polar surface area (TPSA) is 29.1 Å². The van der Waals surface area contributed by atoms with Gasteiger partial charge in [-0.25, -0.2) is 4.39 Å². The summed E-state index contributed by atoms with van der Waals surface area (Å²) >= 11 is 3.08. The number of anilines is 1.